The molecule has 8 heteroatoms. The summed E-state index contributed by atoms with van der Waals surface area (Å²) in [6.45, 7) is 0.238. The Hall–Kier alpha value is -1.31. The number of sulfonamides is 1. The highest BCUT2D eigenvalue weighted by Gasteiger charge is 2.54. The summed E-state index contributed by atoms with van der Waals surface area (Å²) in [5, 5.41) is 0.216. The van der Waals surface area contributed by atoms with Crippen LogP contribution in [0.3, 0.4) is 0 Å². The number of esters is 1. The first-order valence-corrected chi connectivity index (χ1v) is 9.27. The number of nitrogens with zero attached hydrogens (tertiary/aromatic N) is 1. The lowest BCUT2D eigenvalue weighted by molar-refractivity contribution is -0.162. The molecule has 1 saturated heterocycles. The third-order valence-corrected chi connectivity index (χ3v) is 6.78. The van der Waals surface area contributed by atoms with Crippen LogP contribution in [0.1, 0.15) is 25.7 Å². The molecule has 0 aromatic heterocycles. The number of rotatable bonds is 3. The maximum atomic E-state index is 13.1. The molecule has 126 valence electrons. The predicted molar refractivity (Wildman–Crippen MR) is 84.1 cm³/mol. The van der Waals surface area contributed by atoms with Gasteiger partial charge in [-0.3, -0.25) is 4.79 Å². The molecule has 0 bridgehead atoms. The number of morpholine rings is 1. The first kappa shape index (κ1) is 16.5. The first-order valence-electron chi connectivity index (χ1n) is 7.45. The van der Waals surface area contributed by atoms with E-state index in [1.165, 1.54) is 29.6 Å². The van der Waals surface area contributed by atoms with Gasteiger partial charge in [-0.1, -0.05) is 24.4 Å². The Kier molecular flexibility index (Phi) is 4.29. The summed E-state index contributed by atoms with van der Waals surface area (Å²) in [7, 11) is -2.38. The van der Waals surface area contributed by atoms with E-state index in [1.54, 1.807) is 0 Å². The molecule has 2 fully saturated rings. The Bertz CT molecular complexity index is 727. The average molecular weight is 360 g/mol. The second-order valence-corrected chi connectivity index (χ2v) is 8.02. The fraction of sp³-hybridized carbons (Fsp3) is 0.533. The van der Waals surface area contributed by atoms with Crippen LogP contribution in [0.5, 0.6) is 5.75 Å². The molecule has 0 unspecified atom stereocenters. The standard InChI is InChI=1S/C15H18ClNO5S/c1-21-13-5-4-11(10-12(13)16)23(19,20)17-8-9-22-14(18)15(17)6-2-3-7-15/h4-5,10H,2-3,6-9H2,1H3. The molecule has 1 aliphatic heterocycles. The van der Waals surface area contributed by atoms with Crippen LogP contribution in [0, 0.1) is 0 Å². The van der Waals surface area contributed by atoms with Gasteiger partial charge in [-0.05, 0) is 31.0 Å². The Morgan fingerprint density at radius 3 is 2.61 bits per heavy atom. The predicted octanol–water partition coefficient (Wildman–Crippen LogP) is 2.21. The van der Waals surface area contributed by atoms with Gasteiger partial charge in [0, 0.05) is 6.54 Å². The number of ether oxygens (including phenoxy) is 2. The van der Waals surface area contributed by atoms with E-state index in [1.807, 2.05) is 0 Å². The molecule has 0 atom stereocenters. The fourth-order valence-electron chi connectivity index (χ4n) is 3.37. The van der Waals surface area contributed by atoms with Crippen molar-refractivity contribution in [1.82, 2.24) is 4.31 Å². The van der Waals surface area contributed by atoms with Gasteiger partial charge in [0.1, 0.15) is 17.9 Å². The van der Waals surface area contributed by atoms with Gasteiger partial charge in [-0.2, -0.15) is 4.31 Å². The van der Waals surface area contributed by atoms with Gasteiger partial charge in [0.15, 0.2) is 0 Å². The van der Waals surface area contributed by atoms with E-state index in [0.29, 0.717) is 18.6 Å². The summed E-state index contributed by atoms with van der Waals surface area (Å²) >= 11 is 6.05. The number of hydrogen-bond donors (Lipinski definition) is 0. The van der Waals surface area contributed by atoms with Crippen molar-refractivity contribution in [2.24, 2.45) is 0 Å². The van der Waals surface area contributed by atoms with E-state index in [9.17, 15) is 13.2 Å². The number of carbonyl (C=O) groups excluding carboxylic acids is 1. The van der Waals surface area contributed by atoms with Crippen molar-refractivity contribution in [2.75, 3.05) is 20.3 Å². The summed E-state index contributed by atoms with van der Waals surface area (Å²) in [5.74, 6) is -0.0383. The van der Waals surface area contributed by atoms with Crippen LogP contribution >= 0.6 is 11.6 Å². The molecule has 2 aliphatic rings. The largest absolute Gasteiger partial charge is 0.495 e. The summed E-state index contributed by atoms with van der Waals surface area (Å²) in [5.41, 5.74) is -1.07. The zero-order valence-corrected chi connectivity index (χ0v) is 14.3. The number of methoxy groups -OCH3 is 1. The highest BCUT2D eigenvalue weighted by Crippen LogP contribution is 2.41. The van der Waals surface area contributed by atoms with Crippen molar-refractivity contribution >= 4 is 27.6 Å². The third kappa shape index (κ3) is 2.60. The van der Waals surface area contributed by atoms with Gasteiger partial charge < -0.3 is 9.47 Å². The van der Waals surface area contributed by atoms with Crippen molar-refractivity contribution in [3.63, 3.8) is 0 Å². The van der Waals surface area contributed by atoms with Crippen molar-refractivity contribution in [3.8, 4) is 5.75 Å². The molecule has 0 radical (unpaired) electrons. The molecule has 1 saturated carbocycles. The van der Waals surface area contributed by atoms with E-state index in [0.717, 1.165) is 12.8 Å². The van der Waals surface area contributed by atoms with Crippen LogP contribution in [-0.4, -0.2) is 44.5 Å². The molecular formula is C15H18ClNO5S. The molecule has 23 heavy (non-hydrogen) atoms. The Morgan fingerprint density at radius 2 is 2.00 bits per heavy atom. The summed E-state index contributed by atoms with van der Waals surface area (Å²) in [6, 6.07) is 4.32. The van der Waals surface area contributed by atoms with Crippen LogP contribution in [0.2, 0.25) is 5.02 Å². The average Bonchev–Trinajstić information content (AvgIpc) is 3.00. The van der Waals surface area contributed by atoms with Gasteiger partial charge in [0.05, 0.1) is 17.0 Å². The van der Waals surface area contributed by atoms with E-state index in [4.69, 9.17) is 21.1 Å². The topological polar surface area (TPSA) is 72.9 Å². The quantitative estimate of drug-likeness (QED) is 0.774. The van der Waals surface area contributed by atoms with Gasteiger partial charge in [0.25, 0.3) is 0 Å². The molecule has 0 N–H and O–H groups in total. The van der Waals surface area contributed by atoms with Crippen molar-refractivity contribution in [1.29, 1.82) is 0 Å². The lowest BCUT2D eigenvalue weighted by atomic mass is 9.97. The Labute approximate surface area is 140 Å². The van der Waals surface area contributed by atoms with Gasteiger partial charge in [-0.25, -0.2) is 8.42 Å². The third-order valence-electron chi connectivity index (χ3n) is 4.53. The maximum Gasteiger partial charge on any atom is 0.327 e. The molecule has 1 aromatic carbocycles. The van der Waals surface area contributed by atoms with Crippen LogP contribution < -0.4 is 4.74 Å². The molecule has 6 nitrogen and oxygen atoms in total. The van der Waals surface area contributed by atoms with E-state index in [-0.39, 0.29) is 23.1 Å². The number of hydrogen-bond acceptors (Lipinski definition) is 5. The number of cyclic esters (lactones) is 1. The highest BCUT2D eigenvalue weighted by atomic mass is 35.5. The van der Waals surface area contributed by atoms with Crippen molar-refractivity contribution in [3.05, 3.63) is 23.2 Å². The first-order chi connectivity index (χ1) is 10.9. The number of carbonyl (C=O) groups is 1. The molecule has 1 aromatic rings. The molecular weight excluding hydrogens is 342 g/mol. The SMILES string of the molecule is COc1ccc(S(=O)(=O)N2CCOC(=O)C23CCCC3)cc1Cl. The van der Waals surface area contributed by atoms with Crippen LogP contribution in [0.4, 0.5) is 0 Å². The zero-order chi connectivity index (χ0) is 16.7. The van der Waals surface area contributed by atoms with Crippen LogP contribution in [0.25, 0.3) is 0 Å². The highest BCUT2D eigenvalue weighted by molar-refractivity contribution is 7.89. The zero-order valence-electron chi connectivity index (χ0n) is 12.7. The normalized spacial score (nSPS) is 21.4. The summed E-state index contributed by atoms with van der Waals surface area (Å²) in [4.78, 5) is 12.4. The summed E-state index contributed by atoms with van der Waals surface area (Å²) < 4.78 is 37.6. The van der Waals surface area contributed by atoms with E-state index < -0.39 is 21.5 Å². The Morgan fingerprint density at radius 1 is 1.30 bits per heavy atom. The van der Waals surface area contributed by atoms with Crippen molar-refractivity contribution < 1.29 is 22.7 Å². The summed E-state index contributed by atoms with van der Waals surface area (Å²) in [6.07, 6.45) is 2.61. The maximum absolute atomic E-state index is 13.1. The monoisotopic (exact) mass is 359 g/mol. The van der Waals surface area contributed by atoms with Gasteiger partial charge in [-0.15, -0.1) is 0 Å². The fourth-order valence-corrected chi connectivity index (χ4v) is 5.49. The minimum absolute atomic E-state index is 0.0595. The Balaban J connectivity index is 2.04. The molecule has 0 amide bonds. The van der Waals surface area contributed by atoms with Crippen molar-refractivity contribution in [2.45, 2.75) is 36.1 Å². The minimum Gasteiger partial charge on any atom is -0.495 e. The van der Waals surface area contributed by atoms with Crippen LogP contribution in [0.15, 0.2) is 23.1 Å². The number of benzene rings is 1. The van der Waals surface area contributed by atoms with E-state index in [2.05, 4.69) is 0 Å². The van der Waals surface area contributed by atoms with Crippen LogP contribution in [-0.2, 0) is 19.6 Å². The van der Waals surface area contributed by atoms with E-state index >= 15 is 0 Å². The molecule has 1 heterocycles. The van der Waals surface area contributed by atoms with Gasteiger partial charge >= 0.3 is 5.97 Å². The lowest BCUT2D eigenvalue weighted by Gasteiger charge is -2.41. The lowest BCUT2D eigenvalue weighted by Crippen LogP contribution is -2.60. The van der Waals surface area contributed by atoms with Gasteiger partial charge in [0.2, 0.25) is 10.0 Å². The number of halogens is 1. The molecule has 3 rings (SSSR count). The molecule has 1 spiro atoms. The molecule has 1 aliphatic carbocycles. The second kappa shape index (κ2) is 5.96. The smallest absolute Gasteiger partial charge is 0.327 e. The second-order valence-electron chi connectivity index (χ2n) is 5.75. The minimum atomic E-state index is -3.84.